The van der Waals surface area contributed by atoms with Gasteiger partial charge in [0.05, 0.1) is 6.26 Å². The van der Waals surface area contributed by atoms with E-state index in [0.29, 0.717) is 17.8 Å². The second-order valence-corrected chi connectivity index (χ2v) is 6.85. The van der Waals surface area contributed by atoms with Crippen molar-refractivity contribution < 1.29 is 9.21 Å². The molecule has 1 amide bonds. The topological polar surface area (TPSA) is 36.7 Å². The molecular weight excluding hydrogens is 300 g/mol. The molecule has 0 radical (unpaired) electrons. The molecule has 0 aliphatic carbocycles. The van der Waals surface area contributed by atoms with Gasteiger partial charge >= 0.3 is 0 Å². The lowest BCUT2D eigenvalue weighted by Gasteiger charge is -2.34. The number of amides is 1. The van der Waals surface area contributed by atoms with Crippen LogP contribution >= 0.6 is 0 Å². The molecule has 24 heavy (non-hydrogen) atoms. The SMILES string of the molecule is O=C(c1ccco1)N1CCCC1C1CCCN1Cc1ccccc1. The van der Waals surface area contributed by atoms with Gasteiger partial charge < -0.3 is 9.32 Å². The third kappa shape index (κ3) is 2.98. The second kappa shape index (κ2) is 6.81. The van der Waals surface area contributed by atoms with Gasteiger partial charge in [-0.25, -0.2) is 0 Å². The zero-order valence-electron chi connectivity index (χ0n) is 13.9. The van der Waals surface area contributed by atoms with Crippen molar-refractivity contribution in [3.8, 4) is 0 Å². The summed E-state index contributed by atoms with van der Waals surface area (Å²) < 4.78 is 5.34. The summed E-state index contributed by atoms with van der Waals surface area (Å²) >= 11 is 0. The first-order valence-corrected chi connectivity index (χ1v) is 8.95. The quantitative estimate of drug-likeness (QED) is 0.863. The molecule has 1 aromatic carbocycles. The number of carbonyl (C=O) groups excluding carboxylic acids is 1. The van der Waals surface area contributed by atoms with Crippen LogP contribution in [-0.4, -0.2) is 40.9 Å². The molecule has 2 aromatic rings. The van der Waals surface area contributed by atoms with E-state index in [1.807, 2.05) is 4.90 Å². The van der Waals surface area contributed by atoms with Crippen molar-refractivity contribution in [1.82, 2.24) is 9.80 Å². The molecule has 2 fully saturated rings. The fourth-order valence-electron chi connectivity index (χ4n) is 4.29. The first-order chi connectivity index (χ1) is 11.8. The Hall–Kier alpha value is -2.07. The van der Waals surface area contributed by atoms with Crippen LogP contribution in [-0.2, 0) is 6.54 Å². The summed E-state index contributed by atoms with van der Waals surface area (Å²) in [6.07, 6.45) is 6.17. The molecule has 4 rings (SSSR count). The molecule has 0 bridgehead atoms. The highest BCUT2D eigenvalue weighted by Crippen LogP contribution is 2.32. The Kier molecular flexibility index (Phi) is 4.39. The molecule has 2 unspecified atom stereocenters. The number of carbonyl (C=O) groups is 1. The summed E-state index contributed by atoms with van der Waals surface area (Å²) in [5.41, 5.74) is 1.35. The van der Waals surface area contributed by atoms with Crippen molar-refractivity contribution in [3.63, 3.8) is 0 Å². The predicted octanol–water partition coefficient (Wildman–Crippen LogP) is 3.55. The Morgan fingerprint density at radius 2 is 1.79 bits per heavy atom. The van der Waals surface area contributed by atoms with Crippen LogP contribution in [0.15, 0.2) is 53.1 Å². The number of rotatable bonds is 4. The fraction of sp³-hybridized carbons (Fsp3) is 0.450. The number of furan rings is 1. The van der Waals surface area contributed by atoms with Gasteiger partial charge in [0.25, 0.3) is 5.91 Å². The summed E-state index contributed by atoms with van der Waals surface area (Å²) in [6, 6.07) is 15.0. The molecule has 2 saturated heterocycles. The third-order valence-corrected chi connectivity index (χ3v) is 5.38. The van der Waals surface area contributed by atoms with E-state index < -0.39 is 0 Å². The van der Waals surface area contributed by atoms with Crippen molar-refractivity contribution in [2.75, 3.05) is 13.1 Å². The van der Waals surface area contributed by atoms with Crippen LogP contribution in [0.1, 0.15) is 41.8 Å². The molecule has 0 saturated carbocycles. The van der Waals surface area contributed by atoms with Crippen LogP contribution in [0.5, 0.6) is 0 Å². The third-order valence-electron chi connectivity index (χ3n) is 5.38. The van der Waals surface area contributed by atoms with E-state index >= 15 is 0 Å². The van der Waals surface area contributed by atoms with Gasteiger partial charge in [-0.2, -0.15) is 0 Å². The zero-order valence-corrected chi connectivity index (χ0v) is 13.9. The summed E-state index contributed by atoms with van der Waals surface area (Å²) in [4.78, 5) is 17.4. The monoisotopic (exact) mass is 324 g/mol. The number of hydrogen-bond donors (Lipinski definition) is 0. The van der Waals surface area contributed by atoms with Crippen molar-refractivity contribution in [3.05, 3.63) is 60.1 Å². The Labute approximate surface area is 143 Å². The van der Waals surface area contributed by atoms with Crippen LogP contribution in [0.2, 0.25) is 0 Å². The maximum Gasteiger partial charge on any atom is 0.289 e. The average molecular weight is 324 g/mol. The van der Waals surface area contributed by atoms with Crippen LogP contribution in [0.3, 0.4) is 0 Å². The van der Waals surface area contributed by atoms with E-state index in [0.717, 1.165) is 32.5 Å². The van der Waals surface area contributed by atoms with E-state index in [9.17, 15) is 4.79 Å². The molecule has 4 heteroatoms. The minimum absolute atomic E-state index is 0.0501. The molecule has 3 heterocycles. The molecule has 2 aliphatic heterocycles. The standard InChI is InChI=1S/C20H24N2O2/c23-20(19-11-6-14-24-19)22-13-5-10-18(22)17-9-4-12-21(17)15-16-7-2-1-3-8-16/h1-3,6-8,11,14,17-18H,4-5,9-10,12-13,15H2. The van der Waals surface area contributed by atoms with E-state index in [1.165, 1.54) is 18.4 Å². The number of benzene rings is 1. The van der Waals surface area contributed by atoms with Crippen molar-refractivity contribution in [1.29, 1.82) is 0 Å². The zero-order chi connectivity index (χ0) is 16.4. The van der Waals surface area contributed by atoms with Crippen LogP contribution < -0.4 is 0 Å². The Morgan fingerprint density at radius 3 is 2.58 bits per heavy atom. The van der Waals surface area contributed by atoms with E-state index in [-0.39, 0.29) is 5.91 Å². The van der Waals surface area contributed by atoms with Gasteiger partial charge in [0.15, 0.2) is 5.76 Å². The minimum Gasteiger partial charge on any atom is -0.459 e. The maximum absolute atomic E-state index is 12.8. The lowest BCUT2D eigenvalue weighted by atomic mass is 10.0. The summed E-state index contributed by atoms with van der Waals surface area (Å²) in [5.74, 6) is 0.517. The van der Waals surface area contributed by atoms with Gasteiger partial charge in [0.1, 0.15) is 0 Å². The first-order valence-electron chi connectivity index (χ1n) is 8.95. The number of likely N-dealkylation sites (tertiary alicyclic amines) is 2. The largest absolute Gasteiger partial charge is 0.459 e. The van der Waals surface area contributed by atoms with Gasteiger partial charge in [-0.05, 0) is 49.9 Å². The Bertz CT molecular complexity index is 668. The molecule has 2 atom stereocenters. The van der Waals surface area contributed by atoms with Crippen molar-refractivity contribution in [2.45, 2.75) is 44.3 Å². The molecule has 2 aliphatic rings. The van der Waals surface area contributed by atoms with Gasteiger partial charge in [0, 0.05) is 25.2 Å². The molecule has 4 nitrogen and oxygen atoms in total. The summed E-state index contributed by atoms with van der Waals surface area (Å²) in [5, 5.41) is 0. The fourth-order valence-corrected chi connectivity index (χ4v) is 4.29. The number of nitrogens with zero attached hydrogens (tertiary/aromatic N) is 2. The minimum atomic E-state index is 0.0501. The van der Waals surface area contributed by atoms with Crippen LogP contribution in [0.4, 0.5) is 0 Å². The number of hydrogen-bond acceptors (Lipinski definition) is 3. The summed E-state index contributed by atoms with van der Waals surface area (Å²) in [7, 11) is 0. The normalized spacial score (nSPS) is 24.6. The molecule has 1 aromatic heterocycles. The van der Waals surface area contributed by atoms with Gasteiger partial charge in [-0.1, -0.05) is 30.3 Å². The van der Waals surface area contributed by atoms with Gasteiger partial charge in [-0.15, -0.1) is 0 Å². The highest BCUT2D eigenvalue weighted by molar-refractivity contribution is 5.91. The van der Waals surface area contributed by atoms with Crippen LogP contribution in [0, 0.1) is 0 Å². The summed E-state index contributed by atoms with van der Waals surface area (Å²) in [6.45, 7) is 2.95. The Balaban J connectivity index is 1.49. The van der Waals surface area contributed by atoms with Gasteiger partial charge in [0.2, 0.25) is 0 Å². The van der Waals surface area contributed by atoms with Crippen molar-refractivity contribution >= 4 is 5.91 Å². The lowest BCUT2D eigenvalue weighted by Crippen LogP contribution is -2.48. The highest BCUT2D eigenvalue weighted by Gasteiger charge is 2.40. The smallest absolute Gasteiger partial charge is 0.289 e. The molecule has 126 valence electrons. The lowest BCUT2D eigenvalue weighted by molar-refractivity contribution is 0.0608. The van der Waals surface area contributed by atoms with E-state index in [1.54, 1.807) is 18.4 Å². The molecular formula is C20H24N2O2. The second-order valence-electron chi connectivity index (χ2n) is 6.85. The van der Waals surface area contributed by atoms with Gasteiger partial charge in [-0.3, -0.25) is 9.69 Å². The molecule has 0 spiro atoms. The van der Waals surface area contributed by atoms with Crippen LogP contribution in [0.25, 0.3) is 0 Å². The van der Waals surface area contributed by atoms with E-state index in [2.05, 4.69) is 35.2 Å². The average Bonchev–Trinajstić information content (AvgIpc) is 3.36. The Morgan fingerprint density at radius 1 is 1.00 bits per heavy atom. The van der Waals surface area contributed by atoms with Crippen molar-refractivity contribution in [2.24, 2.45) is 0 Å². The first kappa shape index (κ1) is 15.5. The van der Waals surface area contributed by atoms with E-state index in [4.69, 9.17) is 4.42 Å². The maximum atomic E-state index is 12.8. The highest BCUT2D eigenvalue weighted by atomic mass is 16.3. The predicted molar refractivity (Wildman–Crippen MR) is 92.6 cm³/mol. The molecule has 0 N–H and O–H groups in total.